The summed E-state index contributed by atoms with van der Waals surface area (Å²) in [5, 5.41) is 3.08. The predicted octanol–water partition coefficient (Wildman–Crippen LogP) is 5.02. The molecule has 166 valence electrons. The lowest BCUT2D eigenvalue weighted by Crippen LogP contribution is -2.24. The molecule has 1 aromatic heterocycles. The van der Waals surface area contributed by atoms with Gasteiger partial charge in [0.15, 0.2) is 5.16 Å². The Bertz CT molecular complexity index is 1210. The minimum atomic E-state index is -4.50. The van der Waals surface area contributed by atoms with Crippen LogP contribution in [0.15, 0.2) is 69.4 Å². The molecule has 1 N–H and O–H groups in total. The minimum absolute atomic E-state index is 0.0537. The number of nitrogens with zero attached hydrogens (tertiary/aromatic N) is 2. The highest BCUT2D eigenvalue weighted by molar-refractivity contribution is 8.00. The Balaban J connectivity index is 1.57. The number of rotatable bonds is 5. The molecule has 10 heteroatoms. The number of amides is 1. The van der Waals surface area contributed by atoms with E-state index >= 15 is 0 Å². The number of halogens is 3. The third kappa shape index (κ3) is 4.86. The van der Waals surface area contributed by atoms with Crippen molar-refractivity contribution in [2.75, 3.05) is 11.1 Å². The molecular formula is C22H18F3N3O2S2. The van der Waals surface area contributed by atoms with Gasteiger partial charge < -0.3 is 5.32 Å². The standard InChI is InChI=1S/C22H18F3N3O2S2/c1-13-10-17-19(32-13)20(30)28(16-8-3-2-4-9-16)21(27-17)31-12-18(29)26-15-7-5-6-14(11-15)22(23,24)25/h2-9,11,13H,10,12H2,1H3,(H,26,29). The van der Waals surface area contributed by atoms with Crippen molar-refractivity contribution in [1.29, 1.82) is 0 Å². The van der Waals surface area contributed by atoms with Crippen molar-refractivity contribution in [2.45, 2.75) is 34.8 Å². The molecular weight excluding hydrogens is 459 g/mol. The van der Waals surface area contributed by atoms with Gasteiger partial charge in [-0.25, -0.2) is 4.98 Å². The minimum Gasteiger partial charge on any atom is -0.325 e. The van der Waals surface area contributed by atoms with E-state index in [2.05, 4.69) is 10.3 Å². The lowest BCUT2D eigenvalue weighted by Gasteiger charge is -2.14. The first-order valence-electron chi connectivity index (χ1n) is 9.70. The SMILES string of the molecule is CC1Cc2nc(SCC(=O)Nc3cccc(C(F)(F)F)c3)n(-c3ccccc3)c(=O)c2S1. The van der Waals surface area contributed by atoms with E-state index in [0.29, 0.717) is 27.9 Å². The normalized spacial score (nSPS) is 15.4. The Hall–Kier alpha value is -2.72. The summed E-state index contributed by atoms with van der Waals surface area (Å²) in [4.78, 5) is 30.9. The second kappa shape index (κ2) is 9.03. The second-order valence-corrected chi connectivity index (χ2v) is 9.59. The van der Waals surface area contributed by atoms with Gasteiger partial charge in [-0.1, -0.05) is 43.0 Å². The van der Waals surface area contributed by atoms with Gasteiger partial charge in [0.05, 0.1) is 27.6 Å². The molecule has 1 aliphatic heterocycles. The van der Waals surface area contributed by atoms with Crippen molar-refractivity contribution in [1.82, 2.24) is 9.55 Å². The van der Waals surface area contributed by atoms with Crippen LogP contribution in [0.4, 0.5) is 18.9 Å². The predicted molar refractivity (Wildman–Crippen MR) is 120 cm³/mol. The Labute approximate surface area is 190 Å². The van der Waals surface area contributed by atoms with Crippen LogP contribution in [0.5, 0.6) is 0 Å². The molecule has 2 aromatic carbocycles. The summed E-state index contributed by atoms with van der Waals surface area (Å²) in [5.74, 6) is -0.608. The fourth-order valence-electron chi connectivity index (χ4n) is 3.30. The molecule has 0 fully saturated rings. The summed E-state index contributed by atoms with van der Waals surface area (Å²) >= 11 is 2.56. The van der Waals surface area contributed by atoms with Crippen molar-refractivity contribution in [3.8, 4) is 5.69 Å². The zero-order valence-corrected chi connectivity index (χ0v) is 18.5. The van der Waals surface area contributed by atoms with Crippen LogP contribution in [0.25, 0.3) is 5.69 Å². The number of carbonyl (C=O) groups excluding carboxylic acids is 1. The van der Waals surface area contributed by atoms with E-state index in [1.807, 2.05) is 13.0 Å². The molecule has 1 unspecified atom stereocenters. The molecule has 0 bridgehead atoms. The van der Waals surface area contributed by atoms with Crippen LogP contribution < -0.4 is 10.9 Å². The van der Waals surface area contributed by atoms with Crippen LogP contribution in [-0.4, -0.2) is 26.5 Å². The maximum absolute atomic E-state index is 13.2. The number of nitrogens with one attached hydrogen (secondary N) is 1. The van der Waals surface area contributed by atoms with E-state index in [-0.39, 0.29) is 22.2 Å². The zero-order valence-electron chi connectivity index (χ0n) is 16.8. The molecule has 0 saturated heterocycles. The third-order valence-electron chi connectivity index (χ3n) is 4.70. The molecule has 3 aromatic rings. The maximum atomic E-state index is 13.2. The number of aromatic nitrogens is 2. The van der Waals surface area contributed by atoms with E-state index in [4.69, 9.17) is 0 Å². The van der Waals surface area contributed by atoms with Crippen LogP contribution in [0.3, 0.4) is 0 Å². The van der Waals surface area contributed by atoms with Gasteiger partial charge in [-0.2, -0.15) is 13.2 Å². The van der Waals surface area contributed by atoms with Crippen molar-refractivity contribution in [3.05, 3.63) is 76.2 Å². The molecule has 32 heavy (non-hydrogen) atoms. The first kappa shape index (κ1) is 22.5. The number of para-hydroxylation sites is 1. The second-order valence-electron chi connectivity index (χ2n) is 7.19. The first-order chi connectivity index (χ1) is 15.2. The monoisotopic (exact) mass is 477 g/mol. The molecule has 2 heterocycles. The largest absolute Gasteiger partial charge is 0.416 e. The fraction of sp³-hybridized carbons (Fsp3) is 0.227. The van der Waals surface area contributed by atoms with Crippen molar-refractivity contribution < 1.29 is 18.0 Å². The fourth-order valence-corrected chi connectivity index (χ4v) is 5.23. The number of fused-ring (bicyclic) bond motifs is 1. The van der Waals surface area contributed by atoms with Crippen molar-refractivity contribution in [3.63, 3.8) is 0 Å². The van der Waals surface area contributed by atoms with Crippen LogP contribution >= 0.6 is 23.5 Å². The molecule has 4 rings (SSSR count). The highest BCUT2D eigenvalue weighted by Crippen LogP contribution is 2.35. The van der Waals surface area contributed by atoms with E-state index in [1.54, 1.807) is 24.3 Å². The van der Waals surface area contributed by atoms with Crippen LogP contribution in [0.2, 0.25) is 0 Å². The summed E-state index contributed by atoms with van der Waals surface area (Å²) in [6.45, 7) is 2.02. The van der Waals surface area contributed by atoms with Gasteiger partial charge >= 0.3 is 6.18 Å². The van der Waals surface area contributed by atoms with Crippen LogP contribution in [0, 0.1) is 0 Å². The number of alkyl halides is 3. The Morgan fingerprint density at radius 1 is 1.22 bits per heavy atom. The van der Waals surface area contributed by atoms with Gasteiger partial charge in [0, 0.05) is 17.4 Å². The average Bonchev–Trinajstić information content (AvgIpc) is 3.13. The summed E-state index contributed by atoms with van der Waals surface area (Å²) < 4.78 is 40.2. The lowest BCUT2D eigenvalue weighted by atomic mass is 10.2. The summed E-state index contributed by atoms with van der Waals surface area (Å²) in [7, 11) is 0. The van der Waals surface area contributed by atoms with Gasteiger partial charge in [0.1, 0.15) is 0 Å². The molecule has 1 aliphatic rings. The van der Waals surface area contributed by atoms with E-state index in [9.17, 15) is 22.8 Å². The molecule has 0 aliphatic carbocycles. The quantitative estimate of drug-likeness (QED) is 0.413. The Morgan fingerprint density at radius 2 is 1.97 bits per heavy atom. The number of carbonyl (C=O) groups is 1. The smallest absolute Gasteiger partial charge is 0.325 e. The highest BCUT2D eigenvalue weighted by Gasteiger charge is 2.30. The van der Waals surface area contributed by atoms with E-state index in [1.165, 1.54) is 28.5 Å². The first-order valence-corrected chi connectivity index (χ1v) is 11.6. The molecule has 0 radical (unpaired) electrons. The Morgan fingerprint density at radius 3 is 2.69 bits per heavy atom. The van der Waals surface area contributed by atoms with Crippen molar-refractivity contribution >= 4 is 35.1 Å². The van der Waals surface area contributed by atoms with Crippen LogP contribution in [-0.2, 0) is 17.4 Å². The van der Waals surface area contributed by atoms with Gasteiger partial charge in [-0.3, -0.25) is 14.2 Å². The lowest BCUT2D eigenvalue weighted by molar-refractivity contribution is -0.137. The molecule has 1 amide bonds. The van der Waals surface area contributed by atoms with Gasteiger partial charge in [0.25, 0.3) is 5.56 Å². The average molecular weight is 478 g/mol. The van der Waals surface area contributed by atoms with E-state index < -0.39 is 17.6 Å². The van der Waals surface area contributed by atoms with Gasteiger partial charge in [-0.05, 0) is 30.3 Å². The number of thioether (sulfide) groups is 2. The maximum Gasteiger partial charge on any atom is 0.416 e. The molecule has 0 saturated carbocycles. The summed E-state index contributed by atoms with van der Waals surface area (Å²) in [6.07, 6.45) is -3.83. The molecule has 5 nitrogen and oxygen atoms in total. The summed E-state index contributed by atoms with van der Waals surface area (Å²) in [5.41, 5.74) is 0.372. The molecule has 0 spiro atoms. The number of hydrogen-bond acceptors (Lipinski definition) is 5. The van der Waals surface area contributed by atoms with Crippen LogP contribution in [0.1, 0.15) is 18.2 Å². The highest BCUT2D eigenvalue weighted by atomic mass is 32.2. The van der Waals surface area contributed by atoms with E-state index in [0.717, 1.165) is 23.9 Å². The van der Waals surface area contributed by atoms with Gasteiger partial charge in [-0.15, -0.1) is 11.8 Å². The molecule has 1 atom stereocenters. The summed E-state index contributed by atoms with van der Waals surface area (Å²) in [6, 6.07) is 13.5. The van der Waals surface area contributed by atoms with Crippen molar-refractivity contribution in [2.24, 2.45) is 0 Å². The van der Waals surface area contributed by atoms with Gasteiger partial charge in [0.2, 0.25) is 5.91 Å². The number of hydrogen-bond donors (Lipinski definition) is 1. The topological polar surface area (TPSA) is 64.0 Å². The zero-order chi connectivity index (χ0) is 22.9. The Kier molecular flexibility index (Phi) is 6.34. The third-order valence-corrected chi connectivity index (χ3v) is 6.86. The number of benzene rings is 2. The number of anilines is 1.